The van der Waals surface area contributed by atoms with Gasteiger partial charge in [0.05, 0.1) is 0 Å². The van der Waals surface area contributed by atoms with Crippen LogP contribution in [0.1, 0.15) is 12.6 Å². The highest BCUT2D eigenvalue weighted by Gasteiger charge is 2.06. The summed E-state index contributed by atoms with van der Waals surface area (Å²) in [4.78, 5) is 14.9. The quantitative estimate of drug-likeness (QED) is 0.316. The third-order valence-electron chi connectivity index (χ3n) is 1.29. The van der Waals surface area contributed by atoms with Crippen molar-refractivity contribution in [3.63, 3.8) is 0 Å². The Balaban J connectivity index is 3.08. The van der Waals surface area contributed by atoms with Crippen LogP contribution < -0.4 is 4.74 Å². The Morgan fingerprint density at radius 2 is 2.40 bits per heavy atom. The van der Waals surface area contributed by atoms with E-state index in [1.54, 1.807) is 12.1 Å². The van der Waals surface area contributed by atoms with Crippen molar-refractivity contribution in [2.24, 2.45) is 0 Å². The fourth-order valence-electron chi connectivity index (χ4n) is 0.817. The molecule has 6 heteroatoms. The first-order valence-corrected chi connectivity index (χ1v) is 7.92. The van der Waals surface area contributed by atoms with Crippen LogP contribution in [0.15, 0.2) is 16.7 Å². The second-order valence-electron chi connectivity index (χ2n) is 2.38. The molecule has 1 aromatic rings. The first-order valence-electron chi connectivity index (χ1n) is 3.77. The van der Waals surface area contributed by atoms with Crippen LogP contribution in [-0.4, -0.2) is 11.0 Å². The summed E-state index contributed by atoms with van der Waals surface area (Å²) in [6.07, 6.45) is 0. The van der Waals surface area contributed by atoms with Crippen LogP contribution in [0.3, 0.4) is 0 Å². The van der Waals surface area contributed by atoms with E-state index in [1.165, 1.54) is 15.9 Å². The van der Waals surface area contributed by atoms with Crippen molar-refractivity contribution in [1.82, 2.24) is 4.98 Å². The molecule has 1 rings (SSSR count). The molecule has 0 aliphatic carbocycles. The molecule has 0 N–H and O–H groups in total. The van der Waals surface area contributed by atoms with Gasteiger partial charge in [0.1, 0.15) is 4.60 Å². The smallest absolute Gasteiger partial charge is 0.308 e. The zero-order valence-corrected chi connectivity index (χ0v) is 12.1. The van der Waals surface area contributed by atoms with Crippen molar-refractivity contribution in [3.8, 4) is 16.9 Å². The molecule has 0 aromatic carbocycles. The van der Waals surface area contributed by atoms with Gasteiger partial charge in [-0.3, -0.25) is 4.79 Å². The third-order valence-corrected chi connectivity index (χ3v) is 2.57. The van der Waals surface area contributed by atoms with Gasteiger partial charge >= 0.3 is 5.97 Å². The van der Waals surface area contributed by atoms with Gasteiger partial charge in [0.25, 0.3) is 0 Å². The number of carbonyl (C=O) groups excluding carboxylic acids is 1. The highest BCUT2D eigenvalue weighted by molar-refractivity contribution is 14.2. The van der Waals surface area contributed by atoms with Gasteiger partial charge in [-0.15, -0.1) is 0 Å². The van der Waals surface area contributed by atoms with Crippen LogP contribution in [-0.2, 0) is 4.79 Å². The number of hydrogen-bond acceptors (Lipinski definition) is 4. The predicted molar refractivity (Wildman–Crippen MR) is 71.7 cm³/mol. The SMILES string of the molecule is CC(=O)Oc1ccc(Br)nc1C#CSI. The number of carbonyl (C=O) groups is 1. The summed E-state index contributed by atoms with van der Waals surface area (Å²) < 4.78 is 5.61. The Kier molecular flexibility index (Phi) is 5.42. The lowest BCUT2D eigenvalue weighted by Crippen LogP contribution is -2.03. The zero-order valence-electron chi connectivity index (χ0n) is 7.58. The standard InChI is InChI=1S/C9H5BrINO2S/c1-6(13)14-8-2-3-9(10)12-7(8)4-5-15-11/h2-3H,1H3. The van der Waals surface area contributed by atoms with Crippen LogP contribution >= 0.6 is 46.1 Å². The Morgan fingerprint density at radius 3 is 3.00 bits per heavy atom. The van der Waals surface area contributed by atoms with E-state index in [4.69, 9.17) is 4.74 Å². The molecular formula is C9H5BrINO2S. The average molecular weight is 398 g/mol. The summed E-state index contributed by atoms with van der Waals surface area (Å²) >= 11 is 5.28. The van der Waals surface area contributed by atoms with Gasteiger partial charge < -0.3 is 4.74 Å². The van der Waals surface area contributed by atoms with Gasteiger partial charge in [-0.2, -0.15) is 0 Å². The van der Waals surface area contributed by atoms with Crippen molar-refractivity contribution >= 4 is 52.0 Å². The molecule has 15 heavy (non-hydrogen) atoms. The van der Waals surface area contributed by atoms with Crippen LogP contribution in [0.2, 0.25) is 0 Å². The summed E-state index contributed by atoms with van der Waals surface area (Å²) in [7, 11) is 1.34. The Labute approximate surface area is 112 Å². The lowest BCUT2D eigenvalue weighted by molar-refractivity contribution is -0.131. The molecule has 3 nitrogen and oxygen atoms in total. The lowest BCUT2D eigenvalue weighted by atomic mass is 10.3. The van der Waals surface area contributed by atoms with E-state index >= 15 is 0 Å². The predicted octanol–water partition coefficient (Wildman–Crippen LogP) is 3.16. The summed E-state index contributed by atoms with van der Waals surface area (Å²) in [6, 6.07) is 3.35. The van der Waals surface area contributed by atoms with Gasteiger partial charge in [0, 0.05) is 28.1 Å². The molecule has 0 atom stereocenters. The van der Waals surface area contributed by atoms with Crippen LogP contribution in [0.5, 0.6) is 5.75 Å². The summed E-state index contributed by atoms with van der Waals surface area (Å²) in [6.45, 7) is 1.34. The topological polar surface area (TPSA) is 39.2 Å². The number of esters is 1. The highest BCUT2D eigenvalue weighted by atomic mass is 127. The van der Waals surface area contributed by atoms with Crippen molar-refractivity contribution in [2.45, 2.75) is 6.92 Å². The van der Waals surface area contributed by atoms with Crippen molar-refractivity contribution in [2.75, 3.05) is 0 Å². The minimum absolute atomic E-state index is 0.378. The number of ether oxygens (including phenoxy) is 1. The third kappa shape index (κ3) is 4.40. The molecule has 78 valence electrons. The Morgan fingerprint density at radius 1 is 1.67 bits per heavy atom. The number of halogens is 2. The monoisotopic (exact) mass is 397 g/mol. The number of aromatic nitrogens is 1. The number of nitrogens with zero attached hydrogens (tertiary/aromatic N) is 1. The average Bonchev–Trinajstić information content (AvgIpc) is 2.18. The summed E-state index contributed by atoms with van der Waals surface area (Å²) in [5.74, 6) is 2.79. The molecule has 0 radical (unpaired) electrons. The molecule has 0 amide bonds. The fourth-order valence-corrected chi connectivity index (χ4v) is 1.59. The van der Waals surface area contributed by atoms with Gasteiger partial charge in [-0.05, 0) is 48.2 Å². The molecule has 0 aliphatic heterocycles. The number of pyridine rings is 1. The first kappa shape index (κ1) is 12.8. The molecule has 1 heterocycles. The maximum Gasteiger partial charge on any atom is 0.308 e. The molecule has 0 saturated heterocycles. The largest absolute Gasteiger partial charge is 0.424 e. The molecule has 1 aromatic heterocycles. The van der Waals surface area contributed by atoms with E-state index in [2.05, 4.69) is 53.3 Å². The maximum atomic E-state index is 10.8. The minimum Gasteiger partial charge on any atom is -0.424 e. The highest BCUT2D eigenvalue weighted by Crippen LogP contribution is 2.19. The molecule has 0 saturated carbocycles. The fraction of sp³-hybridized carbons (Fsp3) is 0.111. The summed E-state index contributed by atoms with van der Waals surface area (Å²) in [5.41, 5.74) is 0.448. The van der Waals surface area contributed by atoms with Crippen LogP contribution in [0.25, 0.3) is 0 Å². The molecule has 0 bridgehead atoms. The Bertz CT molecular complexity index is 441. The molecule has 0 fully saturated rings. The lowest BCUT2D eigenvalue weighted by Gasteiger charge is -2.02. The van der Waals surface area contributed by atoms with Gasteiger partial charge in [-0.25, -0.2) is 4.98 Å². The normalized spacial score (nSPS) is 9.00. The van der Waals surface area contributed by atoms with E-state index < -0.39 is 0 Å². The molecule has 0 unspecified atom stereocenters. The second kappa shape index (κ2) is 6.35. The molecular weight excluding hydrogens is 393 g/mol. The number of rotatable bonds is 1. The van der Waals surface area contributed by atoms with E-state index in [9.17, 15) is 4.79 Å². The van der Waals surface area contributed by atoms with E-state index in [1.807, 2.05) is 0 Å². The van der Waals surface area contributed by atoms with Gasteiger partial charge in [0.15, 0.2) is 11.4 Å². The maximum absolute atomic E-state index is 10.8. The minimum atomic E-state index is -0.385. The van der Waals surface area contributed by atoms with Crippen molar-refractivity contribution < 1.29 is 9.53 Å². The van der Waals surface area contributed by atoms with Crippen LogP contribution in [0.4, 0.5) is 0 Å². The molecule has 0 aliphatic rings. The van der Waals surface area contributed by atoms with Crippen molar-refractivity contribution in [1.29, 1.82) is 0 Å². The van der Waals surface area contributed by atoms with Crippen molar-refractivity contribution in [3.05, 3.63) is 22.4 Å². The summed E-state index contributed by atoms with van der Waals surface area (Å²) in [5, 5.41) is 2.78. The Hall–Kier alpha value is -0.260. The zero-order chi connectivity index (χ0) is 11.3. The molecule has 0 spiro atoms. The van der Waals surface area contributed by atoms with Gasteiger partial charge in [0.2, 0.25) is 0 Å². The second-order valence-corrected chi connectivity index (χ2v) is 4.87. The van der Waals surface area contributed by atoms with E-state index in [-0.39, 0.29) is 5.97 Å². The van der Waals surface area contributed by atoms with E-state index in [0.29, 0.717) is 16.0 Å². The number of hydrogen-bond donors (Lipinski definition) is 0. The van der Waals surface area contributed by atoms with Crippen LogP contribution in [0, 0.1) is 11.2 Å². The first-order chi connectivity index (χ1) is 7.13. The van der Waals surface area contributed by atoms with Gasteiger partial charge in [-0.1, -0.05) is 0 Å². The van der Waals surface area contributed by atoms with E-state index in [0.717, 1.165) is 0 Å².